The van der Waals surface area contributed by atoms with Gasteiger partial charge in [-0.3, -0.25) is 10.1 Å². The molecule has 0 bridgehead atoms. The third kappa shape index (κ3) is 1.92. The molecule has 0 aromatic heterocycles. The third-order valence-electron chi connectivity index (χ3n) is 2.49. The van der Waals surface area contributed by atoms with Crippen molar-refractivity contribution in [2.75, 3.05) is 18.0 Å². The summed E-state index contributed by atoms with van der Waals surface area (Å²) in [5.74, 6) is 0. The zero-order valence-electron chi connectivity index (χ0n) is 8.38. The van der Waals surface area contributed by atoms with E-state index in [0.29, 0.717) is 13.1 Å². The number of aliphatic hydroxyl groups is 1. The normalized spacial score (nSPS) is 16.3. The Labute approximate surface area is 87.1 Å². The molecule has 0 unspecified atom stereocenters. The monoisotopic (exact) mass is 208 g/mol. The van der Waals surface area contributed by atoms with E-state index in [1.54, 1.807) is 12.1 Å². The molecule has 0 amide bonds. The van der Waals surface area contributed by atoms with Crippen LogP contribution in [0, 0.1) is 17.0 Å². The number of rotatable bonds is 2. The molecule has 1 aliphatic heterocycles. The summed E-state index contributed by atoms with van der Waals surface area (Å²) < 4.78 is 0. The van der Waals surface area contributed by atoms with Crippen molar-refractivity contribution in [3.05, 3.63) is 33.9 Å². The van der Waals surface area contributed by atoms with Crippen molar-refractivity contribution in [2.45, 2.75) is 13.0 Å². The molecule has 1 saturated heterocycles. The molecule has 0 radical (unpaired) electrons. The highest BCUT2D eigenvalue weighted by atomic mass is 16.6. The van der Waals surface area contributed by atoms with Crippen molar-refractivity contribution >= 4 is 11.4 Å². The summed E-state index contributed by atoms with van der Waals surface area (Å²) in [4.78, 5) is 12.2. The standard InChI is InChI=1S/C10H12N2O3/c1-7-2-8(11-5-10(13)6-11)4-9(3-7)12(14)15/h2-4,10,13H,5-6H2,1H3. The van der Waals surface area contributed by atoms with Crippen LogP contribution in [0.2, 0.25) is 0 Å². The highest BCUT2D eigenvalue weighted by molar-refractivity contribution is 5.57. The van der Waals surface area contributed by atoms with Gasteiger partial charge in [0.05, 0.1) is 11.0 Å². The van der Waals surface area contributed by atoms with Crippen LogP contribution in [-0.4, -0.2) is 29.2 Å². The summed E-state index contributed by atoms with van der Waals surface area (Å²) in [5, 5.41) is 19.8. The van der Waals surface area contributed by atoms with Gasteiger partial charge in [-0.05, 0) is 18.6 Å². The maximum Gasteiger partial charge on any atom is 0.271 e. The summed E-state index contributed by atoms with van der Waals surface area (Å²) >= 11 is 0. The van der Waals surface area contributed by atoms with Crippen molar-refractivity contribution in [3.63, 3.8) is 0 Å². The molecule has 2 rings (SSSR count). The van der Waals surface area contributed by atoms with Gasteiger partial charge >= 0.3 is 0 Å². The van der Waals surface area contributed by atoms with E-state index in [4.69, 9.17) is 5.11 Å². The Morgan fingerprint density at radius 1 is 1.47 bits per heavy atom. The summed E-state index contributed by atoms with van der Waals surface area (Å²) in [5.41, 5.74) is 1.78. The number of hydrogen-bond donors (Lipinski definition) is 1. The molecule has 80 valence electrons. The summed E-state index contributed by atoms with van der Waals surface area (Å²) in [7, 11) is 0. The Hall–Kier alpha value is -1.62. The fraction of sp³-hybridized carbons (Fsp3) is 0.400. The first-order valence-electron chi connectivity index (χ1n) is 4.75. The minimum Gasteiger partial charge on any atom is -0.389 e. The number of nitrogens with zero attached hydrogens (tertiary/aromatic N) is 2. The predicted molar refractivity (Wildman–Crippen MR) is 56.1 cm³/mol. The number of non-ortho nitro benzene ring substituents is 1. The van der Waals surface area contributed by atoms with E-state index in [9.17, 15) is 10.1 Å². The van der Waals surface area contributed by atoms with Crippen LogP contribution in [0.3, 0.4) is 0 Å². The van der Waals surface area contributed by atoms with E-state index < -0.39 is 4.92 Å². The topological polar surface area (TPSA) is 66.6 Å². The molecule has 5 heteroatoms. The Bertz CT molecular complexity index is 400. The minimum absolute atomic E-state index is 0.103. The van der Waals surface area contributed by atoms with Crippen molar-refractivity contribution in [1.29, 1.82) is 0 Å². The van der Waals surface area contributed by atoms with Gasteiger partial charge in [-0.2, -0.15) is 0 Å². The van der Waals surface area contributed by atoms with Crippen molar-refractivity contribution in [2.24, 2.45) is 0 Å². The Morgan fingerprint density at radius 2 is 2.13 bits per heavy atom. The van der Waals surface area contributed by atoms with Crippen molar-refractivity contribution in [1.82, 2.24) is 0 Å². The number of nitro groups is 1. The van der Waals surface area contributed by atoms with Crippen LogP contribution in [0.25, 0.3) is 0 Å². The Balaban J connectivity index is 2.28. The van der Waals surface area contributed by atoms with Gasteiger partial charge in [0.25, 0.3) is 5.69 Å². The highest BCUT2D eigenvalue weighted by Gasteiger charge is 2.25. The van der Waals surface area contributed by atoms with E-state index in [-0.39, 0.29) is 11.8 Å². The third-order valence-corrected chi connectivity index (χ3v) is 2.49. The predicted octanol–water partition coefficient (Wildman–Crippen LogP) is 1.08. The molecule has 15 heavy (non-hydrogen) atoms. The molecule has 1 aromatic carbocycles. The van der Waals surface area contributed by atoms with Gasteiger partial charge in [-0.25, -0.2) is 0 Å². The van der Waals surface area contributed by atoms with Gasteiger partial charge in [0, 0.05) is 30.9 Å². The summed E-state index contributed by atoms with van der Waals surface area (Å²) in [6.07, 6.45) is -0.301. The number of aryl methyl sites for hydroxylation is 1. The lowest BCUT2D eigenvalue weighted by Gasteiger charge is -2.37. The quantitative estimate of drug-likeness (QED) is 0.583. The van der Waals surface area contributed by atoms with E-state index >= 15 is 0 Å². The second kappa shape index (κ2) is 3.51. The lowest BCUT2D eigenvalue weighted by Crippen LogP contribution is -2.50. The van der Waals surface area contributed by atoms with Crippen LogP contribution in [0.1, 0.15) is 5.56 Å². The maximum atomic E-state index is 10.6. The second-order valence-corrected chi connectivity index (χ2v) is 3.84. The first-order valence-corrected chi connectivity index (χ1v) is 4.75. The van der Waals surface area contributed by atoms with E-state index in [2.05, 4.69) is 0 Å². The minimum atomic E-state index is -0.396. The first-order chi connectivity index (χ1) is 7.06. The van der Waals surface area contributed by atoms with Crippen molar-refractivity contribution < 1.29 is 10.0 Å². The largest absolute Gasteiger partial charge is 0.389 e. The number of aliphatic hydroxyl groups excluding tert-OH is 1. The lowest BCUT2D eigenvalue weighted by atomic mass is 10.1. The van der Waals surface area contributed by atoms with Gasteiger partial charge in [-0.15, -0.1) is 0 Å². The Morgan fingerprint density at radius 3 is 2.67 bits per heavy atom. The zero-order valence-corrected chi connectivity index (χ0v) is 8.38. The number of anilines is 1. The molecular formula is C10H12N2O3. The van der Waals surface area contributed by atoms with Gasteiger partial charge < -0.3 is 10.0 Å². The van der Waals surface area contributed by atoms with Gasteiger partial charge in [0.1, 0.15) is 0 Å². The molecule has 1 N–H and O–H groups in total. The van der Waals surface area contributed by atoms with Crippen LogP contribution >= 0.6 is 0 Å². The molecule has 5 nitrogen and oxygen atoms in total. The molecule has 1 fully saturated rings. The zero-order chi connectivity index (χ0) is 11.0. The van der Waals surface area contributed by atoms with Gasteiger partial charge in [-0.1, -0.05) is 0 Å². The average molecular weight is 208 g/mol. The molecular weight excluding hydrogens is 196 g/mol. The van der Waals surface area contributed by atoms with Gasteiger partial charge in [0.2, 0.25) is 0 Å². The number of nitro benzene ring substituents is 1. The van der Waals surface area contributed by atoms with E-state index in [0.717, 1.165) is 11.3 Å². The summed E-state index contributed by atoms with van der Waals surface area (Å²) in [6.45, 7) is 2.94. The smallest absolute Gasteiger partial charge is 0.271 e. The highest BCUT2D eigenvalue weighted by Crippen LogP contribution is 2.26. The molecule has 1 aliphatic rings. The Kier molecular flexibility index (Phi) is 2.32. The molecule has 1 aromatic rings. The average Bonchev–Trinajstić information content (AvgIpc) is 2.12. The SMILES string of the molecule is Cc1cc(N2CC(O)C2)cc([N+](=O)[O-])c1. The number of benzene rings is 1. The number of β-amino-alcohol motifs (C(OH)–C–C–N with tert-alkyl or cyclic N) is 1. The molecule has 0 atom stereocenters. The molecule has 0 aliphatic carbocycles. The lowest BCUT2D eigenvalue weighted by molar-refractivity contribution is -0.384. The molecule has 0 spiro atoms. The first kappa shape index (κ1) is 9.92. The molecule has 0 saturated carbocycles. The van der Waals surface area contributed by atoms with E-state index in [1.165, 1.54) is 0 Å². The van der Waals surface area contributed by atoms with Gasteiger partial charge in [0.15, 0.2) is 0 Å². The fourth-order valence-corrected chi connectivity index (χ4v) is 1.70. The fourth-order valence-electron chi connectivity index (χ4n) is 1.70. The van der Waals surface area contributed by atoms with Crippen LogP contribution in [0.15, 0.2) is 18.2 Å². The van der Waals surface area contributed by atoms with Crippen LogP contribution in [0.5, 0.6) is 0 Å². The second-order valence-electron chi connectivity index (χ2n) is 3.84. The maximum absolute atomic E-state index is 10.6. The van der Waals surface area contributed by atoms with E-state index in [1.807, 2.05) is 17.9 Å². The van der Waals surface area contributed by atoms with Crippen LogP contribution < -0.4 is 4.90 Å². The molecule has 1 heterocycles. The van der Waals surface area contributed by atoms with Crippen LogP contribution in [0.4, 0.5) is 11.4 Å². The number of hydrogen-bond acceptors (Lipinski definition) is 4. The van der Waals surface area contributed by atoms with Crippen molar-refractivity contribution in [3.8, 4) is 0 Å². The summed E-state index contributed by atoms with van der Waals surface area (Å²) in [6, 6.07) is 4.97. The van der Waals surface area contributed by atoms with Crippen LogP contribution in [-0.2, 0) is 0 Å².